The summed E-state index contributed by atoms with van der Waals surface area (Å²) < 4.78 is 50.3. The average Bonchev–Trinajstić information content (AvgIpc) is 3.71. The highest BCUT2D eigenvalue weighted by Crippen LogP contribution is 2.56. The lowest BCUT2D eigenvalue weighted by molar-refractivity contribution is -0.317. The van der Waals surface area contributed by atoms with Gasteiger partial charge in [0.25, 0.3) is 0 Å². The molecule has 0 N–H and O–H groups in total. The quantitative estimate of drug-likeness (QED) is 0.186. The molecule has 0 unspecified atom stereocenters. The number of hydrogen-bond donors (Lipinski definition) is 0. The summed E-state index contributed by atoms with van der Waals surface area (Å²) in [6.07, 6.45) is 8.61. The largest absolute Gasteiger partial charge is 0.462 e. The van der Waals surface area contributed by atoms with Gasteiger partial charge in [-0.25, -0.2) is 0 Å². The molecule has 0 aromatic heterocycles. The number of allylic oxidation sites excluding steroid dienone is 4. The van der Waals surface area contributed by atoms with Crippen LogP contribution in [-0.2, 0) is 47.5 Å². The lowest BCUT2D eigenvalue weighted by atomic mass is 9.67. The zero-order chi connectivity index (χ0) is 38.8. The van der Waals surface area contributed by atoms with Crippen molar-refractivity contribution in [2.75, 3.05) is 34.9 Å². The van der Waals surface area contributed by atoms with Crippen LogP contribution in [0.3, 0.4) is 0 Å². The highest BCUT2D eigenvalue weighted by atomic mass is 16.7. The van der Waals surface area contributed by atoms with Gasteiger partial charge in [0.2, 0.25) is 0 Å². The standard InChI is InChI=1S/C43H69NO10/c1-11-27-14-13-15-36(54-38-17-16-35(44(7)8)25(5)50-38)24(4)39(46)34-21-32-30(33(34)22-37(45)52-27)18-23(3)29-19-28(20-31(29)32)53-43-42(48-10)41(49-12-2)40(47-9)26(6)51-43/h18,21,24-33,35-36,38,40-43H,11-17,19-20,22H2,1-10H3/t24-,25-,26+,27+,28+,29+,30-,31-,32-,33+,35+,36+,38+,40+,41-,42-,43+/m1/s1. The minimum absolute atomic E-state index is 0.0361. The molecule has 3 aliphatic carbocycles. The molecule has 11 nitrogen and oxygen atoms in total. The predicted molar refractivity (Wildman–Crippen MR) is 203 cm³/mol. The fourth-order valence-corrected chi connectivity index (χ4v) is 10.9. The highest BCUT2D eigenvalue weighted by Gasteiger charge is 2.54. The van der Waals surface area contributed by atoms with Gasteiger partial charge >= 0.3 is 5.97 Å². The molecule has 4 fully saturated rings. The van der Waals surface area contributed by atoms with E-state index in [9.17, 15) is 9.59 Å². The van der Waals surface area contributed by atoms with Gasteiger partial charge in [0.1, 0.15) is 24.4 Å². The zero-order valence-corrected chi connectivity index (χ0v) is 34.6. The van der Waals surface area contributed by atoms with Crippen LogP contribution in [0.2, 0.25) is 0 Å². The fourth-order valence-electron chi connectivity index (χ4n) is 10.9. The summed E-state index contributed by atoms with van der Waals surface area (Å²) in [5.74, 6) is 0.00892. The van der Waals surface area contributed by atoms with Gasteiger partial charge < -0.3 is 42.8 Å². The molecule has 3 heterocycles. The third-order valence-electron chi connectivity index (χ3n) is 13.7. The molecule has 0 amide bonds. The summed E-state index contributed by atoms with van der Waals surface area (Å²) in [4.78, 5) is 30.6. The molecule has 0 aromatic carbocycles. The van der Waals surface area contributed by atoms with Crippen LogP contribution in [0.25, 0.3) is 0 Å². The number of fused-ring (bicyclic) bond motifs is 5. The molecular formula is C43H69NO10. The number of Topliss-reactive ketones (excluding diaryl/α,β-unsaturated/α-hetero) is 1. The Balaban J connectivity index is 1.23. The molecule has 3 aliphatic heterocycles. The van der Waals surface area contributed by atoms with Crippen LogP contribution in [0, 0.1) is 35.5 Å². The molecule has 3 saturated heterocycles. The maximum Gasteiger partial charge on any atom is 0.306 e. The van der Waals surface area contributed by atoms with E-state index in [1.54, 1.807) is 14.2 Å². The number of rotatable bonds is 10. The zero-order valence-electron chi connectivity index (χ0n) is 34.6. The molecule has 54 heavy (non-hydrogen) atoms. The summed E-state index contributed by atoms with van der Waals surface area (Å²) in [5, 5.41) is 0. The molecule has 6 rings (SSSR count). The third-order valence-corrected chi connectivity index (χ3v) is 13.7. The number of ketones is 1. The van der Waals surface area contributed by atoms with Crippen molar-refractivity contribution in [1.82, 2.24) is 4.90 Å². The van der Waals surface area contributed by atoms with Crippen LogP contribution in [-0.4, -0.2) is 119 Å². The van der Waals surface area contributed by atoms with Crippen LogP contribution in [0.4, 0.5) is 0 Å². The number of carbonyl (C=O) groups is 2. The highest BCUT2D eigenvalue weighted by molar-refractivity contribution is 5.99. The topological polar surface area (TPSA) is 111 Å². The van der Waals surface area contributed by atoms with Gasteiger partial charge in [-0.3, -0.25) is 9.59 Å². The Kier molecular flexibility index (Phi) is 14.2. The first kappa shape index (κ1) is 41.9. The van der Waals surface area contributed by atoms with Crippen molar-refractivity contribution in [2.24, 2.45) is 35.5 Å². The Morgan fingerprint density at radius 3 is 2.26 bits per heavy atom. The van der Waals surface area contributed by atoms with E-state index in [2.05, 4.69) is 51.9 Å². The second kappa shape index (κ2) is 18.3. The lowest BCUT2D eigenvalue weighted by Gasteiger charge is -2.44. The smallest absolute Gasteiger partial charge is 0.306 e. The van der Waals surface area contributed by atoms with Gasteiger partial charge in [-0.05, 0) is 122 Å². The molecule has 0 radical (unpaired) electrons. The first-order valence-corrected chi connectivity index (χ1v) is 21.0. The Hall–Kier alpha value is -1.70. The number of cyclic esters (lactones) is 1. The summed E-state index contributed by atoms with van der Waals surface area (Å²) in [6.45, 7) is 12.9. The summed E-state index contributed by atoms with van der Waals surface area (Å²) in [6, 6.07) is 0.337. The van der Waals surface area contributed by atoms with Gasteiger partial charge in [-0.1, -0.05) is 31.6 Å². The molecular weight excluding hydrogens is 690 g/mol. The number of hydrogen-bond acceptors (Lipinski definition) is 11. The summed E-state index contributed by atoms with van der Waals surface area (Å²) in [5.41, 5.74) is 2.08. The van der Waals surface area contributed by atoms with Gasteiger partial charge in [0, 0.05) is 38.7 Å². The van der Waals surface area contributed by atoms with Gasteiger partial charge in [0.05, 0.1) is 30.8 Å². The van der Waals surface area contributed by atoms with E-state index in [4.69, 9.17) is 37.9 Å². The number of ether oxygens (including phenoxy) is 8. The normalized spacial score (nSPS) is 44.7. The second-order valence-electron chi connectivity index (χ2n) is 17.2. The Morgan fingerprint density at radius 1 is 0.833 bits per heavy atom. The maximum atomic E-state index is 14.8. The van der Waals surface area contributed by atoms with Crippen molar-refractivity contribution >= 4 is 11.8 Å². The lowest BCUT2D eigenvalue weighted by Crippen LogP contribution is -2.60. The van der Waals surface area contributed by atoms with Crippen molar-refractivity contribution in [1.29, 1.82) is 0 Å². The molecule has 11 heteroatoms. The van der Waals surface area contributed by atoms with E-state index < -0.39 is 12.4 Å². The van der Waals surface area contributed by atoms with Crippen LogP contribution in [0.1, 0.15) is 99.3 Å². The predicted octanol–water partition coefficient (Wildman–Crippen LogP) is 6.27. The van der Waals surface area contributed by atoms with Gasteiger partial charge in [-0.15, -0.1) is 0 Å². The summed E-state index contributed by atoms with van der Waals surface area (Å²) >= 11 is 0. The van der Waals surface area contributed by atoms with Crippen LogP contribution >= 0.6 is 0 Å². The monoisotopic (exact) mass is 759 g/mol. The van der Waals surface area contributed by atoms with Gasteiger partial charge in [-0.2, -0.15) is 0 Å². The molecule has 0 aromatic rings. The van der Waals surface area contributed by atoms with E-state index in [0.717, 1.165) is 50.5 Å². The number of likely N-dealkylation sites (N-methyl/N-ethyl adjacent to an activating group) is 1. The van der Waals surface area contributed by atoms with E-state index in [0.29, 0.717) is 25.0 Å². The third kappa shape index (κ3) is 8.74. The molecule has 306 valence electrons. The van der Waals surface area contributed by atoms with E-state index in [1.165, 1.54) is 5.57 Å². The molecule has 1 saturated carbocycles. The van der Waals surface area contributed by atoms with E-state index >= 15 is 0 Å². The van der Waals surface area contributed by atoms with Crippen LogP contribution in [0.5, 0.6) is 0 Å². The van der Waals surface area contributed by atoms with Gasteiger partial charge in [0.15, 0.2) is 18.4 Å². The minimum Gasteiger partial charge on any atom is -0.462 e. The Labute approximate surface area is 324 Å². The number of esters is 1. The molecule has 17 atom stereocenters. The van der Waals surface area contributed by atoms with E-state index in [1.807, 2.05) is 20.8 Å². The average molecular weight is 760 g/mol. The number of methoxy groups -OCH3 is 2. The number of carbonyl (C=O) groups excluding carboxylic acids is 2. The summed E-state index contributed by atoms with van der Waals surface area (Å²) in [7, 11) is 7.53. The maximum absolute atomic E-state index is 14.8. The van der Waals surface area contributed by atoms with Crippen molar-refractivity contribution < 1.29 is 47.5 Å². The van der Waals surface area contributed by atoms with Crippen LogP contribution in [0.15, 0.2) is 23.3 Å². The van der Waals surface area contributed by atoms with Crippen molar-refractivity contribution in [3.05, 3.63) is 23.3 Å². The minimum atomic E-state index is -0.597. The van der Waals surface area contributed by atoms with Crippen molar-refractivity contribution in [3.8, 4) is 0 Å². The SMILES string of the molecule is CCO[C@@H]1[C@@H](OC)[C@H](C)O[C@@H](O[C@@H]2C[C@H]3[C@@H]4C=C5C(=O)[C@H](C)[C@@H](O[C@H]6CC[C@H](N(C)C)[C@@H](C)O6)CCC[C@H](CC)OC(=O)C[C@H]5[C@@H]4C=C(C)[C@@H]3C2)[C@@H]1OC. The first-order valence-electron chi connectivity index (χ1n) is 21.0. The van der Waals surface area contributed by atoms with Crippen molar-refractivity contribution in [3.63, 3.8) is 0 Å². The molecule has 0 spiro atoms. The molecule has 6 aliphatic rings. The first-order chi connectivity index (χ1) is 25.9. The second-order valence-corrected chi connectivity index (χ2v) is 17.2. The Bertz CT molecular complexity index is 1350. The Morgan fingerprint density at radius 2 is 1.59 bits per heavy atom. The van der Waals surface area contributed by atoms with E-state index in [-0.39, 0.29) is 96.8 Å². The van der Waals surface area contributed by atoms with Crippen LogP contribution < -0.4 is 0 Å². The fraction of sp³-hybridized carbons (Fsp3) is 0.860. The molecule has 0 bridgehead atoms. The number of nitrogens with zero attached hydrogens (tertiary/aromatic N) is 1. The van der Waals surface area contributed by atoms with Crippen molar-refractivity contribution in [2.45, 2.75) is 167 Å².